The van der Waals surface area contributed by atoms with Gasteiger partial charge >= 0.3 is 0 Å². The normalized spacial score (nSPS) is 16.1. The van der Waals surface area contributed by atoms with E-state index in [1.54, 1.807) is 31.2 Å². The van der Waals surface area contributed by atoms with E-state index in [1.165, 1.54) is 11.8 Å². The topological polar surface area (TPSA) is 59.3 Å². The van der Waals surface area contributed by atoms with E-state index in [9.17, 15) is 8.42 Å². The Morgan fingerprint density at radius 2 is 2.00 bits per heavy atom. The summed E-state index contributed by atoms with van der Waals surface area (Å²) in [7, 11) is -3.52. The molecule has 0 saturated carbocycles. The van der Waals surface area contributed by atoms with Crippen LogP contribution in [0.25, 0.3) is 0 Å². The molecule has 1 heterocycles. The molecule has 0 fully saturated rings. The maximum Gasteiger partial charge on any atom is 0.241 e. The number of rotatable bonds is 4. The Labute approximate surface area is 118 Å². The van der Waals surface area contributed by atoms with Crippen molar-refractivity contribution in [3.05, 3.63) is 53.5 Å². The van der Waals surface area contributed by atoms with Crippen LogP contribution in [0, 0.1) is 0 Å². The first-order chi connectivity index (χ1) is 9.56. The van der Waals surface area contributed by atoms with Crippen molar-refractivity contribution < 1.29 is 12.8 Å². The Kier molecular flexibility index (Phi) is 3.40. The number of aryl methyl sites for hydroxylation is 2. The molecule has 2 aromatic rings. The highest BCUT2D eigenvalue weighted by atomic mass is 32.2. The van der Waals surface area contributed by atoms with Crippen molar-refractivity contribution in [3.8, 4) is 0 Å². The van der Waals surface area contributed by atoms with E-state index in [-0.39, 0.29) is 6.04 Å². The van der Waals surface area contributed by atoms with Gasteiger partial charge < -0.3 is 4.42 Å². The van der Waals surface area contributed by atoms with Crippen molar-refractivity contribution >= 4 is 10.0 Å². The van der Waals surface area contributed by atoms with Crippen LogP contribution in [-0.4, -0.2) is 8.42 Å². The van der Waals surface area contributed by atoms with E-state index in [0.29, 0.717) is 10.7 Å². The number of sulfonamides is 1. The van der Waals surface area contributed by atoms with E-state index in [0.717, 1.165) is 24.8 Å². The average Bonchev–Trinajstić information content (AvgIpc) is 3.08. The zero-order valence-corrected chi connectivity index (χ0v) is 12.1. The molecule has 0 radical (unpaired) electrons. The van der Waals surface area contributed by atoms with Crippen molar-refractivity contribution in [1.82, 2.24) is 4.72 Å². The van der Waals surface area contributed by atoms with Gasteiger partial charge in [0.25, 0.3) is 0 Å². The number of hydrogen-bond acceptors (Lipinski definition) is 3. The first kappa shape index (κ1) is 13.4. The second kappa shape index (κ2) is 5.07. The summed E-state index contributed by atoms with van der Waals surface area (Å²) in [5.74, 6) is 0.606. The van der Waals surface area contributed by atoms with Gasteiger partial charge in [-0.1, -0.05) is 6.07 Å². The van der Waals surface area contributed by atoms with Gasteiger partial charge in [0.2, 0.25) is 10.0 Å². The third kappa shape index (κ3) is 2.51. The first-order valence-electron chi connectivity index (χ1n) is 6.74. The number of furan rings is 1. The molecule has 4 nitrogen and oxygen atoms in total. The fourth-order valence-corrected chi connectivity index (χ4v) is 3.87. The van der Waals surface area contributed by atoms with Gasteiger partial charge in [0.1, 0.15) is 5.76 Å². The van der Waals surface area contributed by atoms with Gasteiger partial charge in [-0.05, 0) is 61.6 Å². The molecule has 1 aromatic heterocycles. The molecule has 5 heteroatoms. The Morgan fingerprint density at radius 1 is 1.20 bits per heavy atom. The van der Waals surface area contributed by atoms with Gasteiger partial charge in [-0.15, -0.1) is 0 Å². The van der Waals surface area contributed by atoms with Gasteiger partial charge in [0.15, 0.2) is 0 Å². The maximum absolute atomic E-state index is 12.4. The highest BCUT2D eigenvalue weighted by molar-refractivity contribution is 7.89. The summed E-state index contributed by atoms with van der Waals surface area (Å²) in [4.78, 5) is 0.330. The summed E-state index contributed by atoms with van der Waals surface area (Å²) < 4.78 is 32.6. The Balaban J connectivity index is 1.85. The van der Waals surface area contributed by atoms with E-state index in [1.807, 2.05) is 6.07 Å². The van der Waals surface area contributed by atoms with Gasteiger partial charge in [0, 0.05) is 0 Å². The molecular weight excluding hydrogens is 274 g/mol. The molecule has 0 aliphatic heterocycles. The van der Waals surface area contributed by atoms with E-state index in [2.05, 4.69) is 4.72 Å². The van der Waals surface area contributed by atoms with Crippen molar-refractivity contribution in [2.24, 2.45) is 0 Å². The SMILES string of the molecule is CC(NS(=O)(=O)c1ccc2c(c1)CCC2)c1ccco1. The minimum Gasteiger partial charge on any atom is -0.468 e. The average molecular weight is 291 g/mol. The molecule has 1 aliphatic carbocycles. The maximum atomic E-state index is 12.4. The molecule has 0 spiro atoms. The predicted molar refractivity (Wildman–Crippen MR) is 75.9 cm³/mol. The summed E-state index contributed by atoms with van der Waals surface area (Å²) in [6, 6.07) is 8.52. The van der Waals surface area contributed by atoms with Crippen LogP contribution in [0.15, 0.2) is 45.9 Å². The van der Waals surface area contributed by atoms with Crippen LogP contribution in [-0.2, 0) is 22.9 Å². The zero-order chi connectivity index (χ0) is 14.2. The second-order valence-corrected chi connectivity index (χ2v) is 6.86. The Bertz CT molecular complexity index is 705. The monoisotopic (exact) mass is 291 g/mol. The van der Waals surface area contributed by atoms with Crippen molar-refractivity contribution in [1.29, 1.82) is 0 Å². The van der Waals surface area contributed by atoms with Crippen LogP contribution >= 0.6 is 0 Å². The van der Waals surface area contributed by atoms with Gasteiger partial charge in [-0.3, -0.25) is 0 Å². The quantitative estimate of drug-likeness (QED) is 0.942. The summed E-state index contributed by atoms with van der Waals surface area (Å²) in [5.41, 5.74) is 2.42. The number of fused-ring (bicyclic) bond motifs is 1. The van der Waals surface area contributed by atoms with E-state index < -0.39 is 10.0 Å². The van der Waals surface area contributed by atoms with Crippen LogP contribution in [0.5, 0.6) is 0 Å². The summed E-state index contributed by atoms with van der Waals surface area (Å²) >= 11 is 0. The molecule has 1 N–H and O–H groups in total. The van der Waals surface area contributed by atoms with Crippen LogP contribution in [0.2, 0.25) is 0 Å². The highest BCUT2D eigenvalue weighted by Gasteiger charge is 2.21. The van der Waals surface area contributed by atoms with Crippen LogP contribution in [0.1, 0.15) is 36.3 Å². The molecule has 3 rings (SSSR count). The largest absolute Gasteiger partial charge is 0.468 e. The lowest BCUT2D eigenvalue weighted by Gasteiger charge is -2.13. The van der Waals surface area contributed by atoms with Gasteiger partial charge in [-0.2, -0.15) is 0 Å². The number of benzene rings is 1. The lowest BCUT2D eigenvalue weighted by Crippen LogP contribution is -2.26. The van der Waals surface area contributed by atoms with Gasteiger partial charge in [-0.25, -0.2) is 13.1 Å². The fourth-order valence-electron chi connectivity index (χ4n) is 2.61. The van der Waals surface area contributed by atoms with Crippen LogP contribution in [0.3, 0.4) is 0 Å². The van der Waals surface area contributed by atoms with Crippen molar-refractivity contribution in [3.63, 3.8) is 0 Å². The van der Waals surface area contributed by atoms with Crippen molar-refractivity contribution in [2.75, 3.05) is 0 Å². The molecule has 1 unspecified atom stereocenters. The van der Waals surface area contributed by atoms with Crippen LogP contribution < -0.4 is 4.72 Å². The van der Waals surface area contributed by atoms with E-state index in [4.69, 9.17) is 4.42 Å². The smallest absolute Gasteiger partial charge is 0.241 e. The Morgan fingerprint density at radius 3 is 2.75 bits per heavy atom. The van der Waals surface area contributed by atoms with E-state index >= 15 is 0 Å². The first-order valence-corrected chi connectivity index (χ1v) is 8.22. The van der Waals surface area contributed by atoms with Crippen molar-refractivity contribution in [2.45, 2.75) is 37.1 Å². The fraction of sp³-hybridized carbons (Fsp3) is 0.333. The molecule has 1 aliphatic rings. The molecule has 0 amide bonds. The predicted octanol–water partition coefficient (Wildman–Crippen LogP) is 2.81. The third-order valence-corrected chi connectivity index (χ3v) is 5.22. The minimum absolute atomic E-state index is 0.330. The van der Waals surface area contributed by atoms with Gasteiger partial charge in [0.05, 0.1) is 17.2 Å². The summed E-state index contributed by atoms with van der Waals surface area (Å²) in [6.07, 6.45) is 4.66. The summed E-state index contributed by atoms with van der Waals surface area (Å²) in [6.45, 7) is 1.77. The molecule has 0 bridgehead atoms. The lowest BCUT2D eigenvalue weighted by atomic mass is 10.1. The zero-order valence-electron chi connectivity index (χ0n) is 11.3. The minimum atomic E-state index is -3.52. The third-order valence-electron chi connectivity index (χ3n) is 3.68. The number of hydrogen-bond donors (Lipinski definition) is 1. The lowest BCUT2D eigenvalue weighted by molar-refractivity contribution is 0.459. The van der Waals surface area contributed by atoms with Crippen LogP contribution in [0.4, 0.5) is 0 Å². The molecule has 106 valence electrons. The molecule has 20 heavy (non-hydrogen) atoms. The molecule has 0 saturated heterocycles. The second-order valence-electron chi connectivity index (χ2n) is 5.14. The summed E-state index contributed by atoms with van der Waals surface area (Å²) in [5, 5.41) is 0. The Hall–Kier alpha value is -1.59. The molecule has 1 aromatic carbocycles. The molecular formula is C15H17NO3S. The molecule has 1 atom stereocenters. The number of nitrogens with one attached hydrogen (secondary N) is 1. The standard InChI is InChI=1S/C15H17NO3S/c1-11(15-6-3-9-19-15)16-20(17,18)14-8-7-12-4-2-5-13(12)10-14/h3,6-11,16H,2,4-5H2,1H3. The highest BCUT2D eigenvalue weighted by Crippen LogP contribution is 2.25.